The summed E-state index contributed by atoms with van der Waals surface area (Å²) >= 11 is 0. The van der Waals surface area contributed by atoms with Gasteiger partial charge in [-0.3, -0.25) is 0 Å². The van der Waals surface area contributed by atoms with Crippen LogP contribution in [0.4, 0.5) is 4.39 Å². The quantitative estimate of drug-likeness (QED) is 0.894. The highest BCUT2D eigenvalue weighted by molar-refractivity contribution is 7.89. The molecule has 0 amide bonds. The second kappa shape index (κ2) is 5.34. The number of sulfonamides is 1. The predicted octanol–water partition coefficient (Wildman–Crippen LogP) is 2.06. The van der Waals surface area contributed by atoms with Gasteiger partial charge in [0.1, 0.15) is 5.82 Å². The third-order valence-electron chi connectivity index (χ3n) is 4.88. The van der Waals surface area contributed by atoms with E-state index in [0.717, 1.165) is 19.3 Å². The molecule has 0 saturated heterocycles. The summed E-state index contributed by atoms with van der Waals surface area (Å²) in [6, 6.07) is 2.75. The summed E-state index contributed by atoms with van der Waals surface area (Å²) in [5, 5.41) is 0. The minimum atomic E-state index is -3.61. The third-order valence-corrected chi connectivity index (χ3v) is 6.35. The molecule has 2 bridgehead atoms. The fraction of sp³-hybridized carbons (Fsp3) is 0.600. The van der Waals surface area contributed by atoms with Gasteiger partial charge in [-0.05, 0) is 55.7 Å². The average molecular weight is 312 g/mol. The zero-order valence-corrected chi connectivity index (χ0v) is 12.9. The maximum Gasteiger partial charge on any atom is 0.240 e. The highest BCUT2D eigenvalue weighted by Gasteiger charge is 2.41. The van der Waals surface area contributed by atoms with Crippen molar-refractivity contribution < 1.29 is 12.8 Å². The molecule has 0 spiro atoms. The molecule has 0 radical (unpaired) electrons. The Bertz CT molecular complexity index is 660. The van der Waals surface area contributed by atoms with E-state index in [1.54, 1.807) is 6.92 Å². The molecule has 1 aromatic rings. The molecule has 116 valence electrons. The van der Waals surface area contributed by atoms with Crippen LogP contribution >= 0.6 is 0 Å². The summed E-state index contributed by atoms with van der Waals surface area (Å²) in [5.74, 6) is 0.703. The van der Waals surface area contributed by atoms with Crippen molar-refractivity contribution in [3.8, 4) is 0 Å². The highest BCUT2D eigenvalue weighted by Crippen LogP contribution is 2.44. The summed E-state index contributed by atoms with van der Waals surface area (Å²) in [5.41, 5.74) is 6.04. The van der Waals surface area contributed by atoms with Gasteiger partial charge < -0.3 is 5.73 Å². The lowest BCUT2D eigenvalue weighted by Gasteiger charge is -2.23. The normalized spacial score (nSPS) is 28.2. The van der Waals surface area contributed by atoms with Crippen molar-refractivity contribution in [2.75, 3.05) is 0 Å². The SMILES string of the molecule is Cc1cc(S(=O)(=O)NC2CC3CCC2C3)cc(CN)c1F. The minimum Gasteiger partial charge on any atom is -0.326 e. The van der Waals surface area contributed by atoms with E-state index in [1.165, 1.54) is 18.6 Å². The molecule has 3 N–H and O–H groups in total. The van der Waals surface area contributed by atoms with Gasteiger partial charge in [0.05, 0.1) is 4.90 Å². The molecule has 2 aliphatic carbocycles. The van der Waals surface area contributed by atoms with Crippen LogP contribution in [-0.2, 0) is 16.6 Å². The Morgan fingerprint density at radius 1 is 1.33 bits per heavy atom. The number of hydrogen-bond donors (Lipinski definition) is 2. The smallest absolute Gasteiger partial charge is 0.240 e. The first-order valence-corrected chi connectivity index (χ1v) is 8.90. The number of halogens is 1. The fourth-order valence-corrected chi connectivity index (χ4v) is 5.22. The van der Waals surface area contributed by atoms with Crippen LogP contribution < -0.4 is 10.5 Å². The maximum atomic E-state index is 13.8. The topological polar surface area (TPSA) is 72.2 Å². The zero-order valence-electron chi connectivity index (χ0n) is 12.1. The van der Waals surface area contributed by atoms with Gasteiger partial charge in [-0.25, -0.2) is 17.5 Å². The van der Waals surface area contributed by atoms with Crippen LogP contribution in [0.2, 0.25) is 0 Å². The highest BCUT2D eigenvalue weighted by atomic mass is 32.2. The van der Waals surface area contributed by atoms with Gasteiger partial charge in [-0.15, -0.1) is 0 Å². The number of aryl methyl sites for hydroxylation is 1. The molecule has 6 heteroatoms. The van der Waals surface area contributed by atoms with E-state index >= 15 is 0 Å². The molecule has 3 rings (SSSR count). The summed E-state index contributed by atoms with van der Waals surface area (Å²) in [6.45, 7) is 1.55. The third kappa shape index (κ3) is 2.72. The molecule has 2 saturated carbocycles. The Kier molecular flexibility index (Phi) is 3.80. The summed E-state index contributed by atoms with van der Waals surface area (Å²) in [4.78, 5) is 0.115. The van der Waals surface area contributed by atoms with E-state index < -0.39 is 15.8 Å². The fourth-order valence-electron chi connectivity index (χ4n) is 3.77. The maximum absolute atomic E-state index is 13.8. The molecule has 0 heterocycles. The van der Waals surface area contributed by atoms with E-state index in [4.69, 9.17) is 5.73 Å². The van der Waals surface area contributed by atoms with Gasteiger partial charge in [0.2, 0.25) is 10.0 Å². The van der Waals surface area contributed by atoms with Gasteiger partial charge >= 0.3 is 0 Å². The van der Waals surface area contributed by atoms with Crippen molar-refractivity contribution in [1.29, 1.82) is 0 Å². The lowest BCUT2D eigenvalue weighted by atomic mass is 9.96. The Morgan fingerprint density at radius 3 is 2.67 bits per heavy atom. The molecule has 0 aliphatic heterocycles. The number of fused-ring (bicyclic) bond motifs is 2. The summed E-state index contributed by atoms with van der Waals surface area (Å²) in [7, 11) is -3.61. The van der Waals surface area contributed by atoms with E-state index in [2.05, 4.69) is 4.72 Å². The summed E-state index contributed by atoms with van der Waals surface area (Å²) < 4.78 is 41.7. The number of nitrogens with two attached hydrogens (primary N) is 1. The van der Waals surface area contributed by atoms with Gasteiger partial charge in [0.25, 0.3) is 0 Å². The first-order valence-electron chi connectivity index (χ1n) is 7.42. The molecular formula is C15H21FN2O2S. The molecule has 3 atom stereocenters. The van der Waals surface area contributed by atoms with Crippen LogP contribution in [0.5, 0.6) is 0 Å². The van der Waals surface area contributed by atoms with Crippen molar-refractivity contribution in [1.82, 2.24) is 4.72 Å². The lowest BCUT2D eigenvalue weighted by molar-refractivity contribution is 0.390. The molecular weight excluding hydrogens is 291 g/mol. The number of hydrogen-bond acceptors (Lipinski definition) is 3. The van der Waals surface area contributed by atoms with Crippen LogP contribution in [-0.4, -0.2) is 14.5 Å². The van der Waals surface area contributed by atoms with E-state index in [1.807, 2.05) is 0 Å². The predicted molar refractivity (Wildman–Crippen MR) is 78.6 cm³/mol. The van der Waals surface area contributed by atoms with Crippen molar-refractivity contribution in [3.63, 3.8) is 0 Å². The van der Waals surface area contributed by atoms with Gasteiger partial charge in [0.15, 0.2) is 0 Å². The summed E-state index contributed by atoms with van der Waals surface area (Å²) in [6.07, 6.45) is 4.38. The average Bonchev–Trinajstić information content (AvgIpc) is 3.03. The first kappa shape index (κ1) is 14.9. The van der Waals surface area contributed by atoms with Crippen LogP contribution in [0.3, 0.4) is 0 Å². The molecule has 2 aliphatic rings. The number of rotatable bonds is 4. The minimum absolute atomic E-state index is 0.00976. The van der Waals surface area contributed by atoms with E-state index in [-0.39, 0.29) is 23.0 Å². The van der Waals surface area contributed by atoms with E-state index in [9.17, 15) is 12.8 Å². The molecule has 4 nitrogen and oxygen atoms in total. The molecule has 3 unspecified atom stereocenters. The van der Waals surface area contributed by atoms with Crippen LogP contribution in [0.1, 0.15) is 36.8 Å². The Labute approximate surface area is 125 Å². The van der Waals surface area contributed by atoms with Gasteiger partial charge in [0, 0.05) is 18.2 Å². The van der Waals surface area contributed by atoms with Crippen LogP contribution in [0, 0.1) is 24.6 Å². The lowest BCUT2D eigenvalue weighted by Crippen LogP contribution is -2.38. The Morgan fingerprint density at radius 2 is 2.10 bits per heavy atom. The second-order valence-corrected chi connectivity index (χ2v) is 8.03. The van der Waals surface area contributed by atoms with E-state index in [0.29, 0.717) is 17.4 Å². The van der Waals surface area contributed by atoms with Crippen molar-refractivity contribution in [2.24, 2.45) is 17.6 Å². The standard InChI is InChI=1S/C15H21FN2O2S/c1-9-4-13(7-12(8-17)15(9)16)21(19,20)18-14-6-10-2-3-11(14)5-10/h4,7,10-11,14,18H,2-3,5-6,8,17H2,1H3. The molecule has 21 heavy (non-hydrogen) atoms. The van der Waals surface area contributed by atoms with Crippen LogP contribution in [0.15, 0.2) is 17.0 Å². The van der Waals surface area contributed by atoms with Crippen LogP contribution in [0.25, 0.3) is 0 Å². The van der Waals surface area contributed by atoms with Crippen molar-refractivity contribution >= 4 is 10.0 Å². The largest absolute Gasteiger partial charge is 0.326 e. The second-order valence-electron chi connectivity index (χ2n) is 6.32. The van der Waals surface area contributed by atoms with Crippen molar-refractivity contribution in [3.05, 3.63) is 29.1 Å². The molecule has 2 fully saturated rings. The zero-order chi connectivity index (χ0) is 15.2. The number of nitrogens with one attached hydrogen (secondary N) is 1. The van der Waals surface area contributed by atoms with Gasteiger partial charge in [-0.2, -0.15) is 0 Å². The monoisotopic (exact) mass is 312 g/mol. The van der Waals surface area contributed by atoms with Gasteiger partial charge in [-0.1, -0.05) is 6.42 Å². The van der Waals surface area contributed by atoms with Crippen molar-refractivity contribution in [2.45, 2.75) is 50.1 Å². The Balaban J connectivity index is 1.86. The number of benzene rings is 1. The molecule has 1 aromatic carbocycles. The first-order chi connectivity index (χ1) is 9.90. The Hall–Kier alpha value is -0.980. The molecule has 0 aromatic heterocycles.